The van der Waals surface area contributed by atoms with Crippen LogP contribution in [0.2, 0.25) is 0 Å². The molecule has 12 atom stereocenters. The number of rotatable bonds is 15. The van der Waals surface area contributed by atoms with Crippen molar-refractivity contribution in [3.8, 4) is 0 Å². The Morgan fingerprint density at radius 2 is 0.730 bits per heavy atom. The summed E-state index contributed by atoms with van der Waals surface area (Å²) in [6, 6.07) is 0. The summed E-state index contributed by atoms with van der Waals surface area (Å²) >= 11 is 0. The molecule has 0 radical (unpaired) electrons. The van der Waals surface area contributed by atoms with Crippen LogP contribution in [0, 0.1) is 0 Å². The third-order valence-electron chi connectivity index (χ3n) is 4.26. The molecule has 0 spiro atoms. The SMILES string of the molecule is O=C[C@@H](O)[C@@H](O)[C@H](O)[C@H](O)CO.O=C[C@H](O)[C@@H](O)[C@H](O)[C@H](O)C(=O)O.O=C[C@H](O)[C@@H](O)[C@H](O)[C@H](O)CO. The molecule has 0 aliphatic rings. The van der Waals surface area contributed by atoms with Crippen molar-refractivity contribution in [1.82, 2.24) is 0 Å². The van der Waals surface area contributed by atoms with E-state index in [0.29, 0.717) is 0 Å². The Balaban J connectivity index is -0.000000469. The standard InChI is InChI=1S/C6H10O7.2C6H12O6/c7-1-2(8)3(9)4(10)5(11)6(12)13;2*7-1-3(9)5(11)6(12)4(10)2-8/h1-5,8-11H,(H,12,13);2*1,3-6,8-12H,2H2/t2-,3+,4-,5-;3-,4+,5+,6+;3-,4-,5-,6-/m001/s1. The monoisotopic (exact) mass is 554 g/mol. The predicted octanol–water partition coefficient (Wildman–Crippen LogP) is -10.0. The molecule has 0 rings (SSSR count). The molecule has 0 saturated heterocycles. The zero-order valence-electron chi connectivity index (χ0n) is 18.9. The minimum atomic E-state index is -2.25. The number of hydrogen-bond acceptors (Lipinski definition) is 18. The zero-order valence-corrected chi connectivity index (χ0v) is 18.9. The number of aliphatic hydroxyl groups excluding tert-OH is 14. The largest absolute Gasteiger partial charge is 0.479 e. The summed E-state index contributed by atoms with van der Waals surface area (Å²) in [7, 11) is 0. The van der Waals surface area contributed by atoms with E-state index in [2.05, 4.69) is 0 Å². The second kappa shape index (κ2) is 20.9. The van der Waals surface area contributed by atoms with Gasteiger partial charge in [0.25, 0.3) is 0 Å². The molecule has 0 fully saturated rings. The van der Waals surface area contributed by atoms with Crippen LogP contribution in [0.1, 0.15) is 0 Å². The molecule has 19 heteroatoms. The fraction of sp³-hybridized carbons (Fsp3) is 0.778. The van der Waals surface area contributed by atoms with Crippen LogP contribution in [0.15, 0.2) is 0 Å². The van der Waals surface area contributed by atoms with Crippen LogP contribution in [-0.4, -0.2) is 188 Å². The van der Waals surface area contributed by atoms with Crippen LogP contribution in [0.4, 0.5) is 0 Å². The molecule has 0 aliphatic heterocycles. The molecule has 220 valence electrons. The van der Waals surface area contributed by atoms with Gasteiger partial charge in [-0.2, -0.15) is 0 Å². The molecule has 0 bridgehead atoms. The average molecular weight is 554 g/mol. The topological polar surface area (TPSA) is 372 Å². The lowest BCUT2D eigenvalue weighted by atomic mass is 10.0. The molecule has 0 aromatic rings. The fourth-order valence-electron chi connectivity index (χ4n) is 1.85. The second-order valence-corrected chi connectivity index (χ2v) is 7.11. The Morgan fingerprint density at radius 1 is 0.486 bits per heavy atom. The van der Waals surface area contributed by atoms with Crippen molar-refractivity contribution in [3.63, 3.8) is 0 Å². The number of carboxylic acid groups (broad SMARTS) is 1. The van der Waals surface area contributed by atoms with Crippen LogP contribution < -0.4 is 0 Å². The maximum atomic E-state index is 10.1. The number of carbonyl (C=O) groups is 4. The number of aliphatic carboxylic acids is 1. The van der Waals surface area contributed by atoms with Gasteiger partial charge in [0.2, 0.25) is 0 Å². The van der Waals surface area contributed by atoms with Gasteiger partial charge in [-0.25, -0.2) is 4.79 Å². The lowest BCUT2D eigenvalue weighted by Crippen LogP contribution is -2.48. The van der Waals surface area contributed by atoms with E-state index in [0.717, 1.165) is 0 Å². The van der Waals surface area contributed by atoms with E-state index < -0.39 is 92.4 Å². The first-order valence-corrected chi connectivity index (χ1v) is 9.97. The normalized spacial score (nSPS) is 20.7. The van der Waals surface area contributed by atoms with Crippen molar-refractivity contribution in [1.29, 1.82) is 0 Å². The van der Waals surface area contributed by atoms with E-state index >= 15 is 0 Å². The van der Waals surface area contributed by atoms with Gasteiger partial charge in [0.1, 0.15) is 67.1 Å². The first-order valence-electron chi connectivity index (χ1n) is 9.97. The highest BCUT2D eigenvalue weighted by molar-refractivity contribution is 5.73. The molecule has 0 aromatic heterocycles. The fourth-order valence-corrected chi connectivity index (χ4v) is 1.85. The number of hydrogen-bond donors (Lipinski definition) is 15. The summed E-state index contributed by atoms with van der Waals surface area (Å²) in [4.78, 5) is 39.8. The highest BCUT2D eigenvalue weighted by Gasteiger charge is 2.34. The molecule has 0 saturated carbocycles. The van der Waals surface area contributed by atoms with Crippen molar-refractivity contribution in [3.05, 3.63) is 0 Å². The summed E-state index contributed by atoms with van der Waals surface area (Å²) < 4.78 is 0. The van der Waals surface area contributed by atoms with Crippen molar-refractivity contribution >= 4 is 24.8 Å². The van der Waals surface area contributed by atoms with E-state index in [1.807, 2.05) is 0 Å². The Labute approximate surface area is 208 Å². The number of carbonyl (C=O) groups excluding carboxylic acids is 3. The van der Waals surface area contributed by atoms with Gasteiger partial charge in [-0.15, -0.1) is 0 Å². The van der Waals surface area contributed by atoms with Crippen LogP contribution in [0.5, 0.6) is 0 Å². The molecular weight excluding hydrogens is 520 g/mol. The van der Waals surface area contributed by atoms with E-state index in [-0.39, 0.29) is 18.9 Å². The summed E-state index contributed by atoms with van der Waals surface area (Å²) in [5.41, 5.74) is 0. The summed E-state index contributed by atoms with van der Waals surface area (Å²) in [5, 5.41) is 130. The summed E-state index contributed by atoms with van der Waals surface area (Å²) in [6.07, 6.45) is -22.1. The van der Waals surface area contributed by atoms with Crippen molar-refractivity contribution in [2.24, 2.45) is 0 Å². The van der Waals surface area contributed by atoms with Crippen LogP contribution in [0.3, 0.4) is 0 Å². The molecule has 37 heavy (non-hydrogen) atoms. The third-order valence-corrected chi connectivity index (χ3v) is 4.26. The van der Waals surface area contributed by atoms with E-state index in [9.17, 15) is 19.2 Å². The van der Waals surface area contributed by atoms with Crippen LogP contribution >= 0.6 is 0 Å². The Bertz CT molecular complexity index is 602. The Hall–Kier alpha value is -2.08. The molecule has 15 N–H and O–H groups in total. The predicted molar refractivity (Wildman–Crippen MR) is 112 cm³/mol. The van der Waals surface area contributed by atoms with Gasteiger partial charge in [-0.3, -0.25) is 0 Å². The number of aldehydes is 3. The number of carboxylic acids is 1. The maximum absolute atomic E-state index is 10.1. The molecule has 19 nitrogen and oxygen atoms in total. The molecule has 0 unspecified atom stereocenters. The Morgan fingerprint density at radius 3 is 0.919 bits per heavy atom. The van der Waals surface area contributed by atoms with Gasteiger partial charge in [-0.05, 0) is 0 Å². The highest BCUT2D eigenvalue weighted by Crippen LogP contribution is 2.05. The quantitative estimate of drug-likeness (QED) is 0.0835. The lowest BCUT2D eigenvalue weighted by molar-refractivity contribution is -0.163. The summed E-state index contributed by atoms with van der Waals surface area (Å²) in [5.74, 6) is -1.76. The average Bonchev–Trinajstić information content (AvgIpc) is 2.92. The van der Waals surface area contributed by atoms with Crippen molar-refractivity contribution in [2.75, 3.05) is 13.2 Å². The van der Waals surface area contributed by atoms with Gasteiger partial charge < -0.3 is 91.0 Å². The zero-order chi connectivity index (χ0) is 30.0. The van der Waals surface area contributed by atoms with E-state index in [4.69, 9.17) is 76.6 Å². The Kier molecular flexibility index (Phi) is 22.3. The molecule has 0 amide bonds. The first kappa shape index (κ1) is 39.4. The van der Waals surface area contributed by atoms with E-state index in [1.54, 1.807) is 0 Å². The minimum absolute atomic E-state index is 0.0258. The van der Waals surface area contributed by atoms with Gasteiger partial charge in [0, 0.05) is 0 Å². The smallest absolute Gasteiger partial charge is 0.335 e. The molecule has 0 aliphatic carbocycles. The maximum Gasteiger partial charge on any atom is 0.335 e. The van der Waals surface area contributed by atoms with Crippen LogP contribution in [-0.2, 0) is 19.2 Å². The number of aliphatic hydroxyl groups is 14. The van der Waals surface area contributed by atoms with Crippen LogP contribution in [0.25, 0.3) is 0 Å². The van der Waals surface area contributed by atoms with Gasteiger partial charge in [0.05, 0.1) is 13.2 Å². The summed E-state index contributed by atoms with van der Waals surface area (Å²) in [6.45, 7) is -1.52. The van der Waals surface area contributed by atoms with Gasteiger partial charge >= 0.3 is 5.97 Å². The van der Waals surface area contributed by atoms with Crippen molar-refractivity contribution in [2.45, 2.75) is 73.2 Å². The van der Waals surface area contributed by atoms with E-state index in [1.165, 1.54) is 0 Å². The van der Waals surface area contributed by atoms with Gasteiger partial charge in [0.15, 0.2) is 25.0 Å². The molecular formula is C18H34O19. The second-order valence-electron chi connectivity index (χ2n) is 7.11. The minimum Gasteiger partial charge on any atom is -0.479 e. The molecule has 0 aromatic carbocycles. The molecule has 0 heterocycles. The lowest BCUT2D eigenvalue weighted by Gasteiger charge is -2.22. The van der Waals surface area contributed by atoms with Gasteiger partial charge in [-0.1, -0.05) is 0 Å². The first-order chi connectivity index (χ1) is 17.0. The third kappa shape index (κ3) is 15.1. The van der Waals surface area contributed by atoms with Crippen molar-refractivity contribution < 1.29 is 95.8 Å². The highest BCUT2D eigenvalue weighted by atomic mass is 16.4.